The number of nitrogens with zero attached hydrogens (tertiary/aromatic N) is 2. The van der Waals surface area contributed by atoms with Gasteiger partial charge in [-0.25, -0.2) is 9.55 Å². The van der Waals surface area contributed by atoms with Crippen LogP contribution in [-0.4, -0.2) is 4.98 Å². The van der Waals surface area contributed by atoms with Crippen LogP contribution in [0.2, 0.25) is 0 Å². The average molecular weight is 272 g/mol. The van der Waals surface area contributed by atoms with Gasteiger partial charge in [-0.15, -0.1) is 0 Å². The van der Waals surface area contributed by atoms with Gasteiger partial charge in [-0.3, -0.25) is 0 Å². The molecule has 0 saturated heterocycles. The van der Waals surface area contributed by atoms with Gasteiger partial charge in [-0.05, 0) is 0 Å². The molecule has 92 valence electrons. The number of H-pyrrole nitrogens is 1. The van der Waals surface area contributed by atoms with Crippen LogP contribution in [0.5, 0.6) is 0 Å². The quantitative estimate of drug-likeness (QED) is 0.503. The van der Waals surface area contributed by atoms with Crippen molar-refractivity contribution in [2.45, 2.75) is 20.4 Å². The Bertz CT molecular complexity index is 461. The van der Waals surface area contributed by atoms with E-state index in [1.165, 1.54) is 5.56 Å². The van der Waals surface area contributed by atoms with Gasteiger partial charge in [0.25, 0.3) is 5.82 Å². The highest BCUT2D eigenvalue weighted by Crippen LogP contribution is 2.00. The number of aromatic nitrogens is 3. The van der Waals surface area contributed by atoms with Crippen LogP contribution in [0.25, 0.3) is 0 Å². The monoisotopic (exact) mass is 271 g/mol. The maximum atomic E-state index is 4.40. The van der Waals surface area contributed by atoms with Gasteiger partial charge in [0.1, 0.15) is 11.8 Å². The minimum atomic E-state index is 0. The molecule has 0 spiro atoms. The smallest absolute Gasteiger partial charge is 0.293 e. The summed E-state index contributed by atoms with van der Waals surface area (Å²) in [6.45, 7) is 4.86. The lowest BCUT2D eigenvalue weighted by atomic mass is 10.2. The Labute approximate surface area is 114 Å². The maximum absolute atomic E-state index is 4.40. The van der Waals surface area contributed by atoms with Crippen molar-refractivity contribution in [3.8, 4) is 0 Å². The van der Waals surface area contributed by atoms with E-state index in [9.17, 15) is 0 Å². The third kappa shape index (κ3) is 4.29. The highest BCUT2D eigenvalue weighted by molar-refractivity contribution is 5.11. The molecule has 0 radical (unpaired) electrons. The lowest BCUT2D eigenvalue weighted by Gasteiger charge is -1.96. The van der Waals surface area contributed by atoms with E-state index >= 15 is 0 Å². The third-order valence-electron chi connectivity index (χ3n) is 2.39. The van der Waals surface area contributed by atoms with Crippen LogP contribution >= 0.6 is 0 Å². The first-order chi connectivity index (χ1) is 7.25. The third-order valence-corrected chi connectivity index (χ3v) is 2.39. The predicted octanol–water partition coefficient (Wildman–Crippen LogP) is -5.14. The number of nitrogens with one attached hydrogen (secondary N) is 1. The Hall–Kier alpha value is -1.19. The molecule has 0 aliphatic rings. The standard InChI is InChI=1S/C12H14N3.2ClH/c1-10-12(8-13-11(2)14-10)9-15-6-4-3-5-7-15;;/h3-8H,9H2,1-2H3;2*1H/q+1;;/p-1. The van der Waals surface area contributed by atoms with Crippen molar-refractivity contribution in [2.75, 3.05) is 0 Å². The number of aromatic amines is 1. The van der Waals surface area contributed by atoms with Crippen LogP contribution < -0.4 is 34.4 Å². The Kier molecular flexibility index (Phi) is 6.69. The number of hydrogen-bond acceptors (Lipinski definition) is 1. The van der Waals surface area contributed by atoms with Gasteiger partial charge in [0.15, 0.2) is 24.6 Å². The first-order valence-corrected chi connectivity index (χ1v) is 5.04. The first-order valence-electron chi connectivity index (χ1n) is 5.04. The van der Waals surface area contributed by atoms with Crippen LogP contribution in [0, 0.1) is 13.8 Å². The summed E-state index contributed by atoms with van der Waals surface area (Å²) in [5.74, 6) is 0.953. The average Bonchev–Trinajstić information content (AvgIpc) is 2.24. The summed E-state index contributed by atoms with van der Waals surface area (Å²) in [7, 11) is 0. The summed E-state index contributed by atoms with van der Waals surface area (Å²) < 4.78 is 2.13. The van der Waals surface area contributed by atoms with Crippen molar-refractivity contribution in [3.63, 3.8) is 0 Å². The molecule has 0 fully saturated rings. The van der Waals surface area contributed by atoms with Gasteiger partial charge in [-0.1, -0.05) is 11.1 Å². The second-order valence-corrected chi connectivity index (χ2v) is 3.64. The molecule has 0 saturated carbocycles. The van der Waals surface area contributed by atoms with Crippen molar-refractivity contribution in [1.82, 2.24) is 4.98 Å². The largest absolute Gasteiger partial charge is 1.00 e. The molecule has 0 atom stereocenters. The maximum Gasteiger partial charge on any atom is 0.293 e. The van der Waals surface area contributed by atoms with Gasteiger partial charge >= 0.3 is 0 Å². The Morgan fingerprint density at radius 1 is 1.12 bits per heavy atom. The Balaban J connectivity index is 0.00000128. The summed E-state index contributed by atoms with van der Waals surface area (Å²) >= 11 is 0. The van der Waals surface area contributed by atoms with E-state index in [2.05, 4.69) is 26.9 Å². The Morgan fingerprint density at radius 3 is 2.35 bits per heavy atom. The topological polar surface area (TPSA) is 30.9 Å². The van der Waals surface area contributed by atoms with E-state index in [-0.39, 0.29) is 24.8 Å². The lowest BCUT2D eigenvalue weighted by Crippen LogP contribution is -3.00. The molecule has 0 amide bonds. The minimum absolute atomic E-state index is 0. The summed E-state index contributed by atoms with van der Waals surface area (Å²) in [6, 6.07) is 6.07. The lowest BCUT2D eigenvalue weighted by molar-refractivity contribution is -0.689. The van der Waals surface area contributed by atoms with Gasteiger partial charge in [0.2, 0.25) is 0 Å². The summed E-state index contributed by atoms with van der Waals surface area (Å²) in [5.41, 5.74) is 2.31. The molecule has 0 aliphatic heterocycles. The summed E-state index contributed by atoms with van der Waals surface area (Å²) in [6.07, 6.45) is 6.14. The molecule has 0 bridgehead atoms. The van der Waals surface area contributed by atoms with E-state index in [4.69, 9.17) is 0 Å². The molecule has 0 aliphatic carbocycles. The number of hydrogen-bond donors (Lipinski definition) is 0. The van der Waals surface area contributed by atoms with Crippen molar-refractivity contribution >= 4 is 0 Å². The molecular formula is C12H15Cl2N3. The van der Waals surface area contributed by atoms with Gasteiger partial charge in [0, 0.05) is 26.0 Å². The first kappa shape index (κ1) is 15.8. The molecule has 2 aromatic heterocycles. The summed E-state index contributed by atoms with van der Waals surface area (Å²) in [4.78, 5) is 7.54. The molecule has 17 heavy (non-hydrogen) atoms. The van der Waals surface area contributed by atoms with Crippen molar-refractivity contribution in [2.24, 2.45) is 0 Å². The van der Waals surface area contributed by atoms with Crippen molar-refractivity contribution in [1.29, 1.82) is 0 Å². The fourth-order valence-corrected chi connectivity index (χ4v) is 1.55. The molecule has 2 heterocycles. The second-order valence-electron chi connectivity index (χ2n) is 3.64. The van der Waals surface area contributed by atoms with E-state index in [1.54, 1.807) is 0 Å². The van der Waals surface area contributed by atoms with Crippen LogP contribution in [-0.2, 0) is 6.54 Å². The highest BCUT2D eigenvalue weighted by Gasteiger charge is 2.11. The Morgan fingerprint density at radius 2 is 1.76 bits per heavy atom. The van der Waals surface area contributed by atoms with E-state index in [0.717, 1.165) is 18.1 Å². The second kappa shape index (κ2) is 7.20. The van der Waals surface area contributed by atoms with Crippen LogP contribution in [0.3, 0.4) is 0 Å². The number of pyridine rings is 1. The van der Waals surface area contributed by atoms with Gasteiger partial charge in [0.05, 0.1) is 0 Å². The molecule has 0 unspecified atom stereocenters. The van der Waals surface area contributed by atoms with Gasteiger partial charge in [-0.2, -0.15) is 0 Å². The fraction of sp³-hybridized carbons (Fsp3) is 0.250. The van der Waals surface area contributed by atoms with E-state index in [0.29, 0.717) is 0 Å². The molecular weight excluding hydrogens is 257 g/mol. The molecule has 0 aromatic carbocycles. The predicted molar refractivity (Wildman–Crippen MR) is 56.0 cm³/mol. The number of halogens is 2. The summed E-state index contributed by atoms with van der Waals surface area (Å²) in [5, 5.41) is 0. The van der Waals surface area contributed by atoms with Crippen LogP contribution in [0.15, 0.2) is 36.8 Å². The van der Waals surface area contributed by atoms with E-state index in [1.807, 2.05) is 38.2 Å². The molecule has 3 nitrogen and oxygen atoms in total. The minimum Gasteiger partial charge on any atom is -1.00 e. The number of aryl methyl sites for hydroxylation is 2. The SMILES string of the molecule is Cc1nc(C)c(C[n+]2ccccc2)c[nH+]1.[Cl-].[Cl-]. The molecule has 5 heteroatoms. The zero-order valence-electron chi connectivity index (χ0n) is 9.82. The zero-order chi connectivity index (χ0) is 10.7. The van der Waals surface area contributed by atoms with Crippen LogP contribution in [0.1, 0.15) is 17.1 Å². The van der Waals surface area contributed by atoms with Gasteiger partial charge < -0.3 is 24.8 Å². The molecule has 2 aromatic rings. The van der Waals surface area contributed by atoms with Crippen molar-refractivity contribution < 1.29 is 34.4 Å². The zero-order valence-corrected chi connectivity index (χ0v) is 11.3. The van der Waals surface area contributed by atoms with E-state index < -0.39 is 0 Å². The fourth-order valence-electron chi connectivity index (χ4n) is 1.55. The highest BCUT2D eigenvalue weighted by atomic mass is 35.5. The van der Waals surface area contributed by atoms with Crippen molar-refractivity contribution in [3.05, 3.63) is 53.9 Å². The van der Waals surface area contributed by atoms with Crippen LogP contribution in [0.4, 0.5) is 0 Å². The molecule has 1 N–H and O–H groups in total. The normalized spacial score (nSPS) is 9.06. The molecule has 2 rings (SSSR count). The number of rotatable bonds is 2.